The minimum absolute atomic E-state index is 0.289. The van der Waals surface area contributed by atoms with Gasteiger partial charge >= 0.3 is 6.36 Å². The first-order chi connectivity index (χ1) is 19.5. The van der Waals surface area contributed by atoms with Gasteiger partial charge in [0.1, 0.15) is 23.9 Å². The molecule has 6 nitrogen and oxygen atoms in total. The maximum Gasteiger partial charge on any atom is 0.573 e. The summed E-state index contributed by atoms with van der Waals surface area (Å²) in [6, 6.07) is -2.71. The largest absolute Gasteiger partial charge is 0.573 e. The number of ether oxygens (including phenoxy) is 2. The van der Waals surface area contributed by atoms with Crippen molar-refractivity contribution in [3.63, 3.8) is 0 Å². The Hall–Kier alpha value is -3.62. The topological polar surface area (TPSA) is 64.6 Å². The number of amides is 1. The van der Waals surface area contributed by atoms with E-state index in [1.165, 1.54) is 0 Å². The van der Waals surface area contributed by atoms with E-state index in [4.69, 9.17) is 22.6 Å². The summed E-state index contributed by atoms with van der Waals surface area (Å²) in [7, 11) is 0. The van der Waals surface area contributed by atoms with Gasteiger partial charge < -0.3 is 14.4 Å². The van der Waals surface area contributed by atoms with E-state index in [0.29, 0.717) is 0 Å². The van der Waals surface area contributed by atoms with Crippen molar-refractivity contribution in [3.8, 4) is 22.6 Å². The quantitative estimate of drug-likeness (QED) is 0.627. The van der Waals surface area contributed by atoms with E-state index < -0.39 is 103 Å². The van der Waals surface area contributed by atoms with Gasteiger partial charge in [-0.3, -0.25) is 4.79 Å². The van der Waals surface area contributed by atoms with Crippen LogP contribution in [0, 0.1) is 0 Å². The third-order valence-electron chi connectivity index (χ3n) is 3.49. The minimum Gasteiger partial charge on any atom is -0.491 e. The predicted molar refractivity (Wildman–Crippen MR) is 101 cm³/mol. The number of rotatable bonds is 4. The van der Waals surface area contributed by atoms with E-state index >= 15 is 0 Å². The first-order valence-corrected chi connectivity index (χ1v) is 7.89. The highest BCUT2D eigenvalue weighted by atomic mass is 19.4. The van der Waals surface area contributed by atoms with Crippen molar-refractivity contribution in [2.24, 2.45) is 0 Å². The fraction of sp³-hybridized carbons (Fsp3) is 0.190. The molecule has 0 spiro atoms. The lowest BCUT2D eigenvalue weighted by atomic mass is 10.0. The van der Waals surface area contributed by atoms with Crippen molar-refractivity contribution in [2.45, 2.75) is 12.9 Å². The number of nitrogens with zero attached hydrogens (tertiary/aromatic N) is 3. The van der Waals surface area contributed by atoms with Crippen LogP contribution in [0.3, 0.4) is 0 Å². The average Bonchev–Trinajstić information content (AvgIpc) is 2.93. The molecule has 9 heteroatoms. The van der Waals surface area contributed by atoms with Crippen LogP contribution in [-0.4, -0.2) is 40.2 Å². The number of halogens is 3. The number of aromatic nitrogens is 2. The van der Waals surface area contributed by atoms with E-state index in [0.717, 1.165) is 18.2 Å². The molecule has 0 fully saturated rings. The van der Waals surface area contributed by atoms with Gasteiger partial charge in [0.2, 0.25) is 0 Å². The summed E-state index contributed by atoms with van der Waals surface area (Å²) in [6.45, 7) is -10.7. The molecule has 1 amide bonds. The van der Waals surface area contributed by atoms with Crippen molar-refractivity contribution >= 4 is 5.91 Å². The molecule has 0 saturated carbocycles. The Kier molecular flexibility index (Phi) is 2.53. The molecular formula is C21H16F3N3O3. The van der Waals surface area contributed by atoms with E-state index in [9.17, 15) is 18.0 Å². The third-order valence-corrected chi connectivity index (χ3v) is 3.49. The summed E-state index contributed by atoms with van der Waals surface area (Å²) in [4.78, 5) is 20.4. The van der Waals surface area contributed by atoms with E-state index in [2.05, 4.69) is 14.7 Å². The highest BCUT2D eigenvalue weighted by Crippen LogP contribution is 2.31. The highest BCUT2D eigenvalue weighted by Gasteiger charge is 2.31. The zero-order valence-electron chi connectivity index (χ0n) is 27.4. The standard InChI is InChI=1S/C21H16F3N3O3/c22-21(23,24)30-16-5-2-14(3-6-16)15-4-7-18-17(12-15)20(28)27(10-11-29-18)13-19-25-8-1-9-26-19/h1-9,12H,10-11,13H2/i1D,2D,3D,5D,6D,8D,9D,10D2,11D2,13D2. The van der Waals surface area contributed by atoms with Gasteiger partial charge in [0.15, 0.2) is 0 Å². The number of alkyl halides is 3. The Morgan fingerprint density at radius 1 is 1.20 bits per heavy atom. The Labute approximate surface area is 188 Å². The number of carbonyl (C=O) groups is 1. The molecule has 1 aliphatic heterocycles. The molecule has 4 rings (SSSR count). The maximum atomic E-state index is 13.8. The molecule has 0 unspecified atom stereocenters. The molecular weight excluding hydrogens is 399 g/mol. The lowest BCUT2D eigenvalue weighted by Gasteiger charge is -2.19. The van der Waals surface area contributed by atoms with E-state index in [-0.39, 0.29) is 10.5 Å². The number of hydrogen-bond acceptors (Lipinski definition) is 5. The second-order valence-corrected chi connectivity index (χ2v) is 5.43. The normalized spacial score (nSPS) is 24.0. The third kappa shape index (κ3) is 4.51. The molecule has 2 aromatic carbocycles. The zero-order chi connectivity index (χ0) is 32.6. The summed E-state index contributed by atoms with van der Waals surface area (Å²) in [5.74, 6) is -4.87. The first kappa shape index (κ1) is 9.46. The van der Waals surface area contributed by atoms with Crippen molar-refractivity contribution in [2.75, 3.05) is 13.1 Å². The van der Waals surface area contributed by atoms with Crippen LogP contribution in [-0.2, 0) is 6.50 Å². The van der Waals surface area contributed by atoms with Crippen molar-refractivity contribution in [3.05, 3.63) is 72.1 Å². The summed E-state index contributed by atoms with van der Waals surface area (Å²) in [6.07, 6.45) is -7.26. The average molecular weight is 428 g/mol. The van der Waals surface area contributed by atoms with Crippen LogP contribution >= 0.6 is 0 Å². The van der Waals surface area contributed by atoms with Crippen LogP contribution < -0.4 is 9.47 Å². The van der Waals surface area contributed by atoms with Gasteiger partial charge in [0.25, 0.3) is 5.91 Å². The van der Waals surface area contributed by atoms with Crippen molar-refractivity contribution in [1.29, 1.82) is 0 Å². The maximum absolute atomic E-state index is 13.8. The summed E-state index contributed by atoms with van der Waals surface area (Å²) in [5, 5.41) is 0. The SMILES string of the molecule is [2H]c1nc(C([2H])([2H])N2C(=O)c3cc(-c4c([2H])c([2H])c(OC(F)(F)F)c([2H])c4[2H])ccc3OC([2H])([2H])C2([2H])[2H])nc([2H])c1[2H]. The number of hydrogen-bond donors (Lipinski definition) is 0. The Bertz CT molecular complexity index is 1620. The van der Waals surface area contributed by atoms with Gasteiger partial charge in [0, 0.05) is 12.3 Å². The molecule has 1 aliphatic rings. The molecule has 0 bridgehead atoms. The summed E-state index contributed by atoms with van der Waals surface area (Å²) in [5.41, 5.74) is -1.79. The molecule has 0 saturated heterocycles. The van der Waals surface area contributed by atoms with Crippen LogP contribution in [0.4, 0.5) is 13.2 Å². The zero-order valence-corrected chi connectivity index (χ0v) is 14.4. The predicted octanol–water partition coefficient (Wildman–Crippen LogP) is 4.08. The van der Waals surface area contributed by atoms with Gasteiger partial charge in [-0.05, 0) is 41.4 Å². The van der Waals surface area contributed by atoms with Crippen LogP contribution in [0.15, 0.2) is 60.8 Å². The minimum atomic E-state index is -5.35. The van der Waals surface area contributed by atoms with Crippen molar-refractivity contribution < 1.29 is 45.3 Å². The summed E-state index contributed by atoms with van der Waals surface area (Å²) >= 11 is 0. The Morgan fingerprint density at radius 3 is 2.63 bits per heavy atom. The molecule has 154 valence electrons. The van der Waals surface area contributed by atoms with Crippen molar-refractivity contribution in [1.82, 2.24) is 14.9 Å². The molecule has 0 aliphatic carbocycles. The fourth-order valence-corrected chi connectivity index (χ4v) is 2.29. The monoisotopic (exact) mass is 428 g/mol. The lowest BCUT2D eigenvalue weighted by molar-refractivity contribution is -0.274. The summed E-state index contributed by atoms with van der Waals surface area (Å²) < 4.78 is 152. The first-order valence-electron chi connectivity index (χ1n) is 14.4. The molecule has 2 heterocycles. The van der Waals surface area contributed by atoms with Gasteiger partial charge in [-0.15, -0.1) is 13.2 Å². The Morgan fingerprint density at radius 2 is 1.93 bits per heavy atom. The van der Waals surface area contributed by atoms with E-state index in [1.54, 1.807) is 0 Å². The van der Waals surface area contributed by atoms with Gasteiger partial charge in [-0.25, -0.2) is 9.97 Å². The van der Waals surface area contributed by atoms with E-state index in [1.807, 2.05) is 0 Å². The second-order valence-electron chi connectivity index (χ2n) is 5.43. The number of carbonyl (C=O) groups excluding carboxylic acids is 1. The smallest absolute Gasteiger partial charge is 0.491 e. The Balaban J connectivity index is 1.95. The van der Waals surface area contributed by atoms with Gasteiger partial charge in [-0.1, -0.05) is 18.2 Å². The fourth-order valence-electron chi connectivity index (χ4n) is 2.29. The second kappa shape index (κ2) is 8.02. The van der Waals surface area contributed by atoms with Crippen LogP contribution in [0.25, 0.3) is 11.1 Å². The molecule has 3 aromatic rings. The van der Waals surface area contributed by atoms with Crippen LogP contribution in [0.2, 0.25) is 0 Å². The lowest BCUT2D eigenvalue weighted by Crippen LogP contribution is -2.32. The molecule has 1 aromatic heterocycles. The molecule has 0 N–H and O–H groups in total. The number of benzene rings is 2. The highest BCUT2D eigenvalue weighted by molar-refractivity contribution is 5.98. The molecule has 0 radical (unpaired) electrons. The molecule has 0 atom stereocenters. The molecule has 30 heavy (non-hydrogen) atoms. The number of fused-ring (bicyclic) bond motifs is 1. The van der Waals surface area contributed by atoms with Gasteiger partial charge in [0.05, 0.1) is 36.4 Å². The van der Waals surface area contributed by atoms with Crippen LogP contribution in [0.5, 0.6) is 11.5 Å². The van der Waals surface area contributed by atoms with Crippen LogP contribution in [0.1, 0.15) is 34.0 Å². The van der Waals surface area contributed by atoms with Gasteiger partial charge in [-0.2, -0.15) is 0 Å².